The van der Waals surface area contributed by atoms with Gasteiger partial charge in [0.15, 0.2) is 0 Å². The maximum absolute atomic E-state index is 12.0. The van der Waals surface area contributed by atoms with E-state index in [0.717, 1.165) is 70.6 Å². The lowest BCUT2D eigenvalue weighted by Crippen LogP contribution is -2.17. The van der Waals surface area contributed by atoms with Crippen molar-refractivity contribution >= 4 is 11.9 Å². The van der Waals surface area contributed by atoms with Crippen molar-refractivity contribution in [1.82, 2.24) is 0 Å². The van der Waals surface area contributed by atoms with Crippen LogP contribution in [0.3, 0.4) is 0 Å². The number of hydrogen-bond acceptors (Lipinski definition) is 4. The first-order valence-electron chi connectivity index (χ1n) is 12.5. The average Bonchev–Trinajstić information content (AvgIpc) is 2.71. The van der Waals surface area contributed by atoms with E-state index in [9.17, 15) is 9.59 Å². The van der Waals surface area contributed by atoms with Gasteiger partial charge in [-0.1, -0.05) is 72.6 Å². The highest BCUT2D eigenvalue weighted by atomic mass is 16.5. The molecular weight excluding hydrogens is 364 g/mol. The maximum atomic E-state index is 12.0. The van der Waals surface area contributed by atoms with Gasteiger partial charge in [-0.15, -0.1) is 0 Å². The largest absolute Gasteiger partial charge is 0.462 e. The molecule has 0 amide bonds. The average molecular weight is 413 g/mol. The van der Waals surface area contributed by atoms with E-state index >= 15 is 0 Å². The number of carbonyl (C=O) groups excluding carboxylic acids is 2. The lowest BCUT2D eigenvalue weighted by Gasteiger charge is -2.16. The molecule has 0 aromatic heterocycles. The lowest BCUT2D eigenvalue weighted by atomic mass is 10.1. The van der Waals surface area contributed by atoms with Crippen LogP contribution in [0.15, 0.2) is 0 Å². The Bertz CT molecular complexity index is 358. The topological polar surface area (TPSA) is 52.6 Å². The Morgan fingerprint density at radius 2 is 0.931 bits per heavy atom. The van der Waals surface area contributed by atoms with Gasteiger partial charge in [-0.3, -0.25) is 9.59 Å². The lowest BCUT2D eigenvalue weighted by molar-refractivity contribution is -0.150. The van der Waals surface area contributed by atoms with Crippen molar-refractivity contribution in [1.29, 1.82) is 0 Å². The van der Waals surface area contributed by atoms with Crippen LogP contribution in [-0.2, 0) is 19.1 Å². The summed E-state index contributed by atoms with van der Waals surface area (Å²) in [5.41, 5.74) is 0. The third-order valence-electron chi connectivity index (χ3n) is 5.53. The molecule has 0 aliphatic heterocycles. The van der Waals surface area contributed by atoms with Crippen LogP contribution in [0.4, 0.5) is 0 Å². The van der Waals surface area contributed by atoms with Gasteiger partial charge in [-0.05, 0) is 51.4 Å². The Kier molecular flexibility index (Phi) is 19.5. The summed E-state index contributed by atoms with van der Waals surface area (Å²) >= 11 is 0. The van der Waals surface area contributed by atoms with Gasteiger partial charge >= 0.3 is 11.9 Å². The van der Waals surface area contributed by atoms with Crippen molar-refractivity contribution in [3.05, 3.63) is 0 Å². The Morgan fingerprint density at radius 1 is 0.552 bits per heavy atom. The van der Waals surface area contributed by atoms with Gasteiger partial charge in [-0.25, -0.2) is 0 Å². The van der Waals surface area contributed by atoms with E-state index < -0.39 is 0 Å². The first-order valence-corrected chi connectivity index (χ1v) is 12.5. The van der Waals surface area contributed by atoms with E-state index in [-0.39, 0.29) is 24.1 Å². The first kappa shape index (κ1) is 27.9. The highest BCUT2D eigenvalue weighted by Crippen LogP contribution is 2.15. The minimum atomic E-state index is -0.0504. The Labute approximate surface area is 180 Å². The van der Waals surface area contributed by atoms with E-state index in [2.05, 4.69) is 27.7 Å². The molecule has 0 rings (SSSR count). The summed E-state index contributed by atoms with van der Waals surface area (Å²) in [5, 5.41) is 0. The zero-order valence-electron chi connectivity index (χ0n) is 19.8. The summed E-state index contributed by atoms with van der Waals surface area (Å²) < 4.78 is 11.2. The molecule has 4 heteroatoms. The number of esters is 2. The molecule has 0 saturated heterocycles. The molecule has 0 spiro atoms. The maximum Gasteiger partial charge on any atom is 0.306 e. The molecule has 0 aliphatic rings. The molecule has 29 heavy (non-hydrogen) atoms. The number of carbonyl (C=O) groups is 2. The second kappa shape index (κ2) is 20.2. The highest BCUT2D eigenvalue weighted by Gasteiger charge is 2.13. The predicted molar refractivity (Wildman–Crippen MR) is 121 cm³/mol. The van der Waals surface area contributed by atoms with Crippen LogP contribution < -0.4 is 0 Å². The van der Waals surface area contributed by atoms with Crippen molar-refractivity contribution < 1.29 is 19.1 Å². The van der Waals surface area contributed by atoms with E-state index in [1.54, 1.807) is 0 Å². The molecule has 0 aromatic carbocycles. The Morgan fingerprint density at radius 3 is 1.28 bits per heavy atom. The molecule has 0 bridgehead atoms. The van der Waals surface area contributed by atoms with Crippen LogP contribution in [0.2, 0.25) is 0 Å². The third-order valence-corrected chi connectivity index (χ3v) is 5.53. The fraction of sp³-hybridized carbons (Fsp3) is 0.920. The van der Waals surface area contributed by atoms with Crippen molar-refractivity contribution in [2.24, 2.45) is 0 Å². The van der Waals surface area contributed by atoms with Gasteiger partial charge < -0.3 is 9.47 Å². The number of rotatable bonds is 20. The highest BCUT2D eigenvalue weighted by molar-refractivity contribution is 5.69. The second-order valence-corrected chi connectivity index (χ2v) is 8.30. The van der Waals surface area contributed by atoms with Crippen LogP contribution in [0, 0.1) is 0 Å². The molecule has 0 radical (unpaired) electrons. The summed E-state index contributed by atoms with van der Waals surface area (Å²) in [6, 6.07) is 0. The fourth-order valence-electron chi connectivity index (χ4n) is 3.50. The molecule has 172 valence electrons. The summed E-state index contributed by atoms with van der Waals surface area (Å²) in [5.74, 6) is -0.101. The smallest absolute Gasteiger partial charge is 0.306 e. The van der Waals surface area contributed by atoms with Crippen LogP contribution in [-0.4, -0.2) is 24.1 Å². The Hall–Kier alpha value is -1.06. The second-order valence-electron chi connectivity index (χ2n) is 8.30. The summed E-state index contributed by atoms with van der Waals surface area (Å²) in [6.07, 6.45) is 16.9. The zero-order chi connectivity index (χ0) is 21.7. The summed E-state index contributed by atoms with van der Waals surface area (Å²) in [6.45, 7) is 8.55. The van der Waals surface area contributed by atoms with Crippen LogP contribution in [0.5, 0.6) is 0 Å². The zero-order valence-corrected chi connectivity index (χ0v) is 19.8. The van der Waals surface area contributed by atoms with E-state index in [1.807, 2.05) is 0 Å². The van der Waals surface area contributed by atoms with Crippen LogP contribution in [0.1, 0.15) is 137 Å². The van der Waals surface area contributed by atoms with Crippen LogP contribution >= 0.6 is 0 Å². The number of ether oxygens (including phenoxy) is 2. The van der Waals surface area contributed by atoms with Crippen molar-refractivity contribution in [2.45, 2.75) is 149 Å². The third kappa shape index (κ3) is 17.5. The Balaban J connectivity index is 3.68. The van der Waals surface area contributed by atoms with E-state index in [0.29, 0.717) is 12.8 Å². The first-order chi connectivity index (χ1) is 14.1. The number of hydrogen-bond donors (Lipinski definition) is 0. The molecular formula is C25H48O4. The predicted octanol–water partition coefficient (Wildman–Crippen LogP) is 7.52. The molecule has 0 aliphatic carbocycles. The fourth-order valence-corrected chi connectivity index (χ4v) is 3.50. The van der Waals surface area contributed by atoms with E-state index in [1.165, 1.54) is 25.7 Å². The molecule has 2 unspecified atom stereocenters. The van der Waals surface area contributed by atoms with Gasteiger partial charge in [0.05, 0.1) is 0 Å². The molecule has 0 fully saturated rings. The van der Waals surface area contributed by atoms with Gasteiger partial charge in [0.2, 0.25) is 0 Å². The minimum Gasteiger partial charge on any atom is -0.462 e. The van der Waals surface area contributed by atoms with Gasteiger partial charge in [-0.2, -0.15) is 0 Å². The molecule has 2 atom stereocenters. The molecule has 0 aromatic rings. The molecule has 0 saturated carbocycles. The quantitative estimate of drug-likeness (QED) is 0.153. The SMILES string of the molecule is CCCCCC(CC)OC(=O)CCCCCCCC(=O)OC(CC)CCCCC. The number of unbranched alkanes of at least 4 members (excludes halogenated alkanes) is 8. The van der Waals surface area contributed by atoms with Gasteiger partial charge in [0, 0.05) is 12.8 Å². The standard InChI is InChI=1S/C25H48O4/c1-5-9-14-18-22(7-3)28-24(26)20-16-12-11-13-17-21-25(27)29-23(8-4)19-15-10-6-2/h22-23H,5-21H2,1-4H3. The van der Waals surface area contributed by atoms with Crippen molar-refractivity contribution in [3.8, 4) is 0 Å². The van der Waals surface area contributed by atoms with Crippen molar-refractivity contribution in [3.63, 3.8) is 0 Å². The summed E-state index contributed by atoms with van der Waals surface area (Å²) in [7, 11) is 0. The monoisotopic (exact) mass is 412 g/mol. The van der Waals surface area contributed by atoms with Crippen LogP contribution in [0.25, 0.3) is 0 Å². The van der Waals surface area contributed by atoms with Gasteiger partial charge in [0.25, 0.3) is 0 Å². The van der Waals surface area contributed by atoms with Gasteiger partial charge in [0.1, 0.15) is 12.2 Å². The normalized spacial score (nSPS) is 13.1. The molecule has 0 N–H and O–H groups in total. The molecule has 4 nitrogen and oxygen atoms in total. The molecule has 0 heterocycles. The minimum absolute atomic E-state index is 0.0504. The summed E-state index contributed by atoms with van der Waals surface area (Å²) in [4.78, 5) is 23.9. The van der Waals surface area contributed by atoms with Crippen molar-refractivity contribution in [2.75, 3.05) is 0 Å². The van der Waals surface area contributed by atoms with E-state index in [4.69, 9.17) is 9.47 Å².